The van der Waals surface area contributed by atoms with Crippen LogP contribution >= 0.6 is 0 Å². The van der Waals surface area contributed by atoms with Crippen molar-refractivity contribution in [1.29, 1.82) is 0 Å². The molecule has 0 rings (SSSR count). The van der Waals surface area contributed by atoms with Crippen LogP contribution in [0.15, 0.2) is 0 Å². The van der Waals surface area contributed by atoms with Gasteiger partial charge >= 0.3 is 11.9 Å². The van der Waals surface area contributed by atoms with Crippen LogP contribution in [0.3, 0.4) is 0 Å². The number of carbonyl (C=O) groups is 3. The van der Waals surface area contributed by atoms with Crippen LogP contribution in [0.2, 0.25) is 0 Å². The van der Waals surface area contributed by atoms with Crippen LogP contribution in [0.5, 0.6) is 0 Å². The number of unbranched alkanes of at least 4 members (excludes halogenated alkanes) is 2. The molecule has 0 spiro atoms. The number of rotatable bonds is 10. The minimum Gasteiger partial charge on any atom is -0.481 e. The Kier molecular flexibility index (Phi) is 8.82. The minimum atomic E-state index is -1.01. The molecule has 0 bridgehead atoms. The van der Waals surface area contributed by atoms with Gasteiger partial charge in [-0.05, 0) is 26.2 Å². The van der Waals surface area contributed by atoms with Gasteiger partial charge in [-0.25, -0.2) is 0 Å². The number of hydrogen-bond acceptors (Lipinski definition) is 5. The van der Waals surface area contributed by atoms with Crippen LogP contribution in [0, 0.1) is 0 Å². The summed E-state index contributed by atoms with van der Waals surface area (Å²) in [6, 6.07) is 0. The third-order valence-corrected chi connectivity index (χ3v) is 2.25. The van der Waals surface area contributed by atoms with E-state index >= 15 is 0 Å². The van der Waals surface area contributed by atoms with Crippen molar-refractivity contribution in [2.75, 3.05) is 6.61 Å². The Morgan fingerprint density at radius 2 is 1.83 bits per heavy atom. The molecule has 0 saturated carbocycles. The molecule has 1 unspecified atom stereocenters. The molecule has 0 heterocycles. The van der Waals surface area contributed by atoms with E-state index in [0.29, 0.717) is 19.3 Å². The van der Waals surface area contributed by atoms with E-state index in [1.807, 2.05) is 0 Å². The van der Waals surface area contributed by atoms with Gasteiger partial charge in [0.1, 0.15) is 12.2 Å². The topological polar surface area (TPSA) is 101 Å². The van der Waals surface area contributed by atoms with Crippen molar-refractivity contribution >= 4 is 17.7 Å². The Hall–Kier alpha value is -1.43. The summed E-state index contributed by atoms with van der Waals surface area (Å²) in [5, 5.41) is 17.7. The number of ether oxygens (including phenoxy) is 1. The monoisotopic (exact) mass is 260 g/mol. The molecule has 0 aliphatic carbocycles. The Balaban J connectivity index is 3.38. The molecule has 18 heavy (non-hydrogen) atoms. The molecule has 0 fully saturated rings. The van der Waals surface area contributed by atoms with Crippen molar-refractivity contribution < 1.29 is 29.3 Å². The maximum atomic E-state index is 11.0. The number of ketones is 1. The van der Waals surface area contributed by atoms with E-state index in [0.717, 1.165) is 6.42 Å². The zero-order chi connectivity index (χ0) is 14.0. The van der Waals surface area contributed by atoms with Crippen molar-refractivity contribution in [3.63, 3.8) is 0 Å². The normalized spacial score (nSPS) is 11.9. The molecule has 1 atom stereocenters. The van der Waals surface area contributed by atoms with E-state index < -0.39 is 18.0 Å². The Bertz CT molecular complexity index is 286. The van der Waals surface area contributed by atoms with E-state index in [1.54, 1.807) is 0 Å². The number of aliphatic carboxylic acids is 1. The molecule has 104 valence electrons. The van der Waals surface area contributed by atoms with Gasteiger partial charge in [0.15, 0.2) is 0 Å². The summed E-state index contributed by atoms with van der Waals surface area (Å²) in [6.45, 7) is 1.58. The number of carboxylic acids is 1. The van der Waals surface area contributed by atoms with Crippen LogP contribution in [0.1, 0.15) is 45.4 Å². The van der Waals surface area contributed by atoms with E-state index in [-0.39, 0.29) is 25.2 Å². The highest BCUT2D eigenvalue weighted by molar-refractivity contribution is 5.94. The molecule has 0 amide bonds. The zero-order valence-electron chi connectivity index (χ0n) is 10.6. The SMILES string of the molecule is CC(=O)CC(=O)OCCCCCC(O)CC(=O)O. The van der Waals surface area contributed by atoms with Crippen molar-refractivity contribution in [3.8, 4) is 0 Å². The average Bonchev–Trinajstić information content (AvgIpc) is 2.20. The van der Waals surface area contributed by atoms with Gasteiger partial charge in [-0.2, -0.15) is 0 Å². The summed E-state index contributed by atoms with van der Waals surface area (Å²) in [6.07, 6.45) is 1.23. The van der Waals surface area contributed by atoms with Crippen LogP contribution < -0.4 is 0 Å². The van der Waals surface area contributed by atoms with Gasteiger partial charge in [0.25, 0.3) is 0 Å². The third-order valence-electron chi connectivity index (χ3n) is 2.25. The second-order valence-corrected chi connectivity index (χ2v) is 4.20. The number of aliphatic hydroxyl groups excluding tert-OH is 1. The second-order valence-electron chi connectivity index (χ2n) is 4.20. The molecular formula is C12H20O6. The van der Waals surface area contributed by atoms with E-state index in [1.165, 1.54) is 6.92 Å². The second kappa shape index (κ2) is 9.58. The summed E-state index contributed by atoms with van der Waals surface area (Å²) in [4.78, 5) is 31.8. The molecule has 0 radical (unpaired) electrons. The van der Waals surface area contributed by atoms with Crippen molar-refractivity contribution in [1.82, 2.24) is 0 Å². The molecule has 6 nitrogen and oxygen atoms in total. The van der Waals surface area contributed by atoms with Crippen LogP contribution in [-0.2, 0) is 19.1 Å². The highest BCUT2D eigenvalue weighted by atomic mass is 16.5. The lowest BCUT2D eigenvalue weighted by Gasteiger charge is -2.07. The summed E-state index contributed by atoms with van der Waals surface area (Å²) in [7, 11) is 0. The Morgan fingerprint density at radius 3 is 2.39 bits per heavy atom. The average molecular weight is 260 g/mol. The van der Waals surface area contributed by atoms with E-state index in [9.17, 15) is 19.5 Å². The molecule has 0 aromatic heterocycles. The molecule has 0 aromatic rings. The molecule has 0 aliphatic rings. The van der Waals surface area contributed by atoms with Crippen LogP contribution in [0.25, 0.3) is 0 Å². The summed E-state index contributed by atoms with van der Waals surface area (Å²) < 4.78 is 4.81. The fraction of sp³-hybridized carbons (Fsp3) is 0.750. The zero-order valence-corrected chi connectivity index (χ0v) is 10.6. The van der Waals surface area contributed by atoms with Crippen molar-refractivity contribution in [2.45, 2.75) is 51.6 Å². The van der Waals surface area contributed by atoms with Crippen molar-refractivity contribution in [3.05, 3.63) is 0 Å². The molecule has 0 saturated heterocycles. The first-order chi connectivity index (χ1) is 8.41. The maximum Gasteiger partial charge on any atom is 0.313 e. The molecular weight excluding hydrogens is 240 g/mol. The first-order valence-corrected chi connectivity index (χ1v) is 5.96. The standard InChI is InChI=1S/C12H20O6/c1-9(13)7-12(17)18-6-4-2-3-5-10(14)8-11(15)16/h10,14H,2-8H2,1H3,(H,15,16). The first-order valence-electron chi connectivity index (χ1n) is 5.96. The largest absolute Gasteiger partial charge is 0.481 e. The van der Waals surface area contributed by atoms with Crippen LogP contribution in [-0.4, -0.2) is 40.6 Å². The smallest absolute Gasteiger partial charge is 0.313 e. The predicted molar refractivity (Wildman–Crippen MR) is 63.0 cm³/mol. The maximum absolute atomic E-state index is 11.0. The summed E-state index contributed by atoms with van der Waals surface area (Å²) in [5.41, 5.74) is 0. The van der Waals surface area contributed by atoms with Crippen molar-refractivity contribution in [2.24, 2.45) is 0 Å². The molecule has 0 aromatic carbocycles. The number of carbonyl (C=O) groups excluding carboxylic acids is 2. The number of carboxylic acid groups (broad SMARTS) is 1. The molecule has 2 N–H and O–H groups in total. The fourth-order valence-corrected chi connectivity index (χ4v) is 1.40. The summed E-state index contributed by atoms with van der Waals surface area (Å²) >= 11 is 0. The van der Waals surface area contributed by atoms with Gasteiger partial charge in [0.05, 0.1) is 19.1 Å². The van der Waals surface area contributed by atoms with E-state index in [2.05, 4.69) is 0 Å². The lowest BCUT2D eigenvalue weighted by Crippen LogP contribution is -2.13. The van der Waals surface area contributed by atoms with Gasteiger partial charge in [0.2, 0.25) is 0 Å². The van der Waals surface area contributed by atoms with Gasteiger partial charge in [-0.1, -0.05) is 6.42 Å². The predicted octanol–water partition coefficient (Wildman–Crippen LogP) is 0.905. The highest BCUT2D eigenvalue weighted by Gasteiger charge is 2.09. The first kappa shape index (κ1) is 16.6. The lowest BCUT2D eigenvalue weighted by atomic mass is 10.1. The summed E-state index contributed by atoms with van der Waals surface area (Å²) in [5.74, 6) is -1.76. The van der Waals surface area contributed by atoms with Gasteiger partial charge in [-0.15, -0.1) is 0 Å². The van der Waals surface area contributed by atoms with Gasteiger partial charge in [-0.3, -0.25) is 14.4 Å². The lowest BCUT2D eigenvalue weighted by molar-refractivity contribution is -0.146. The third kappa shape index (κ3) is 11.1. The fourth-order valence-electron chi connectivity index (χ4n) is 1.40. The number of Topliss-reactive ketones (excluding diaryl/α,β-unsaturated/α-hetero) is 1. The minimum absolute atomic E-state index is 0.197. The molecule has 0 aliphatic heterocycles. The number of aliphatic hydroxyl groups is 1. The Labute approximate surface area is 106 Å². The highest BCUT2D eigenvalue weighted by Crippen LogP contribution is 2.06. The van der Waals surface area contributed by atoms with Gasteiger partial charge in [0, 0.05) is 0 Å². The quantitative estimate of drug-likeness (QED) is 0.344. The number of esters is 1. The van der Waals surface area contributed by atoms with E-state index in [4.69, 9.17) is 9.84 Å². The molecule has 6 heteroatoms. The number of hydrogen-bond donors (Lipinski definition) is 2. The van der Waals surface area contributed by atoms with Gasteiger partial charge < -0.3 is 14.9 Å². The Morgan fingerprint density at radius 1 is 1.17 bits per heavy atom. The van der Waals surface area contributed by atoms with Crippen LogP contribution in [0.4, 0.5) is 0 Å².